The van der Waals surface area contributed by atoms with Gasteiger partial charge in [-0.2, -0.15) is 0 Å². The van der Waals surface area contributed by atoms with E-state index in [4.69, 9.17) is 21.1 Å². The summed E-state index contributed by atoms with van der Waals surface area (Å²) in [5.74, 6) is -0.198. The molecule has 0 saturated heterocycles. The SMILES string of the molecule is CCOCCOc1ccccc1NC(=O)CNc1ccc(F)c(Cl)c1. The quantitative estimate of drug-likeness (QED) is 0.660. The molecule has 2 rings (SSSR count). The molecule has 0 fully saturated rings. The van der Waals surface area contributed by atoms with Crippen LogP contribution in [-0.4, -0.2) is 32.3 Å². The first kappa shape index (κ1) is 19.0. The van der Waals surface area contributed by atoms with Crippen LogP contribution in [-0.2, 0) is 9.53 Å². The highest BCUT2D eigenvalue weighted by Crippen LogP contribution is 2.24. The third kappa shape index (κ3) is 6.25. The van der Waals surface area contributed by atoms with E-state index < -0.39 is 5.82 Å². The van der Waals surface area contributed by atoms with Gasteiger partial charge in [0.1, 0.15) is 18.2 Å². The van der Waals surface area contributed by atoms with Crippen molar-refractivity contribution in [3.05, 3.63) is 53.3 Å². The molecule has 0 atom stereocenters. The highest BCUT2D eigenvalue weighted by atomic mass is 35.5. The molecule has 0 bridgehead atoms. The van der Waals surface area contributed by atoms with Gasteiger partial charge in [0.25, 0.3) is 0 Å². The number of halogens is 2. The largest absolute Gasteiger partial charge is 0.489 e. The van der Waals surface area contributed by atoms with Crippen LogP contribution in [0.2, 0.25) is 5.02 Å². The number of para-hydroxylation sites is 2. The highest BCUT2D eigenvalue weighted by molar-refractivity contribution is 6.31. The normalized spacial score (nSPS) is 10.4. The first-order chi connectivity index (χ1) is 12.1. The number of hydrogen-bond donors (Lipinski definition) is 2. The molecule has 0 aliphatic rings. The second-order valence-corrected chi connectivity index (χ2v) is 5.48. The second kappa shape index (κ2) is 9.86. The number of hydrogen-bond acceptors (Lipinski definition) is 4. The number of benzene rings is 2. The maximum absolute atomic E-state index is 13.1. The summed E-state index contributed by atoms with van der Waals surface area (Å²) in [6.45, 7) is 3.42. The van der Waals surface area contributed by atoms with Crippen LogP contribution in [0.5, 0.6) is 5.75 Å². The van der Waals surface area contributed by atoms with Crippen molar-refractivity contribution in [1.82, 2.24) is 0 Å². The summed E-state index contributed by atoms with van der Waals surface area (Å²) in [5, 5.41) is 5.66. The zero-order valence-electron chi connectivity index (χ0n) is 13.9. The molecular weight excluding hydrogens is 347 g/mol. The van der Waals surface area contributed by atoms with E-state index in [-0.39, 0.29) is 17.5 Å². The Balaban J connectivity index is 1.88. The van der Waals surface area contributed by atoms with Crippen LogP contribution in [0, 0.1) is 5.82 Å². The van der Waals surface area contributed by atoms with Crippen LogP contribution in [0.15, 0.2) is 42.5 Å². The first-order valence-electron chi connectivity index (χ1n) is 7.88. The molecule has 0 heterocycles. The Bertz CT molecular complexity index is 712. The lowest BCUT2D eigenvalue weighted by molar-refractivity contribution is -0.114. The number of carbonyl (C=O) groups excluding carboxylic acids is 1. The van der Waals surface area contributed by atoms with Crippen molar-refractivity contribution in [2.45, 2.75) is 6.92 Å². The van der Waals surface area contributed by atoms with Gasteiger partial charge in [-0.3, -0.25) is 4.79 Å². The van der Waals surface area contributed by atoms with Gasteiger partial charge < -0.3 is 20.1 Å². The van der Waals surface area contributed by atoms with E-state index in [1.807, 2.05) is 13.0 Å². The van der Waals surface area contributed by atoms with Crippen molar-refractivity contribution in [1.29, 1.82) is 0 Å². The number of nitrogens with one attached hydrogen (secondary N) is 2. The van der Waals surface area contributed by atoms with E-state index >= 15 is 0 Å². The minimum Gasteiger partial charge on any atom is -0.489 e. The lowest BCUT2D eigenvalue weighted by atomic mass is 10.3. The van der Waals surface area contributed by atoms with E-state index in [9.17, 15) is 9.18 Å². The number of ether oxygens (including phenoxy) is 2. The number of amides is 1. The van der Waals surface area contributed by atoms with Gasteiger partial charge in [-0.25, -0.2) is 4.39 Å². The van der Waals surface area contributed by atoms with Crippen LogP contribution >= 0.6 is 11.6 Å². The minimum absolute atomic E-state index is 0.00143. The summed E-state index contributed by atoms with van der Waals surface area (Å²) >= 11 is 5.71. The Morgan fingerprint density at radius 2 is 2.00 bits per heavy atom. The smallest absolute Gasteiger partial charge is 0.243 e. The standard InChI is InChI=1S/C18H20ClFN2O3/c1-2-24-9-10-25-17-6-4-3-5-16(17)22-18(23)12-21-13-7-8-15(20)14(19)11-13/h3-8,11,21H,2,9-10,12H2,1H3,(H,22,23). The number of carbonyl (C=O) groups is 1. The van der Waals surface area contributed by atoms with Crippen molar-refractivity contribution in [3.63, 3.8) is 0 Å². The van der Waals surface area contributed by atoms with Gasteiger partial charge >= 0.3 is 0 Å². The van der Waals surface area contributed by atoms with Crippen LogP contribution < -0.4 is 15.4 Å². The Kier molecular flexibility index (Phi) is 7.50. The lowest BCUT2D eigenvalue weighted by Gasteiger charge is -2.13. The molecule has 0 radical (unpaired) electrons. The Morgan fingerprint density at radius 1 is 1.20 bits per heavy atom. The molecule has 1 amide bonds. The monoisotopic (exact) mass is 366 g/mol. The fourth-order valence-corrected chi connectivity index (χ4v) is 2.21. The Morgan fingerprint density at radius 3 is 2.76 bits per heavy atom. The highest BCUT2D eigenvalue weighted by Gasteiger charge is 2.08. The topological polar surface area (TPSA) is 59.6 Å². The molecular formula is C18H20ClFN2O3. The van der Waals surface area contributed by atoms with Crippen molar-refractivity contribution in [2.24, 2.45) is 0 Å². The second-order valence-electron chi connectivity index (χ2n) is 5.07. The Labute approximate surface area is 151 Å². The lowest BCUT2D eigenvalue weighted by Crippen LogP contribution is -2.22. The fraction of sp³-hybridized carbons (Fsp3) is 0.278. The van der Waals surface area contributed by atoms with Crippen LogP contribution in [0.1, 0.15) is 6.92 Å². The molecule has 2 aromatic carbocycles. The van der Waals surface area contributed by atoms with Gasteiger partial charge in [-0.1, -0.05) is 23.7 Å². The molecule has 0 aromatic heterocycles. The van der Waals surface area contributed by atoms with Crippen molar-refractivity contribution in [2.75, 3.05) is 37.0 Å². The number of rotatable bonds is 9. The van der Waals surface area contributed by atoms with Gasteiger partial charge in [0, 0.05) is 12.3 Å². The predicted octanol–water partition coefficient (Wildman–Crippen LogP) is 3.95. The first-order valence-corrected chi connectivity index (χ1v) is 8.26. The summed E-state index contributed by atoms with van der Waals surface area (Å²) in [4.78, 5) is 12.1. The summed E-state index contributed by atoms with van der Waals surface area (Å²) in [6.07, 6.45) is 0. The Hall–Kier alpha value is -2.31. The van der Waals surface area contributed by atoms with Crippen molar-refractivity contribution in [3.8, 4) is 5.75 Å². The summed E-state index contributed by atoms with van der Waals surface area (Å²) in [7, 11) is 0. The summed E-state index contributed by atoms with van der Waals surface area (Å²) in [6, 6.07) is 11.3. The van der Waals surface area contributed by atoms with Crippen LogP contribution in [0.4, 0.5) is 15.8 Å². The molecule has 25 heavy (non-hydrogen) atoms. The summed E-state index contributed by atoms with van der Waals surface area (Å²) < 4.78 is 24.0. The molecule has 0 aliphatic carbocycles. The molecule has 2 N–H and O–H groups in total. The van der Waals surface area contributed by atoms with Crippen molar-refractivity contribution >= 4 is 28.9 Å². The van der Waals surface area contributed by atoms with E-state index in [2.05, 4.69) is 10.6 Å². The van der Waals surface area contributed by atoms with E-state index in [1.165, 1.54) is 18.2 Å². The van der Waals surface area contributed by atoms with Gasteiger partial charge in [0.2, 0.25) is 5.91 Å². The zero-order valence-corrected chi connectivity index (χ0v) is 14.6. The van der Waals surface area contributed by atoms with Crippen LogP contribution in [0.25, 0.3) is 0 Å². The molecule has 0 unspecified atom stereocenters. The van der Waals surface area contributed by atoms with Gasteiger partial charge in [0.05, 0.1) is 23.9 Å². The van der Waals surface area contributed by atoms with Crippen LogP contribution in [0.3, 0.4) is 0 Å². The predicted molar refractivity (Wildman–Crippen MR) is 97.0 cm³/mol. The van der Waals surface area contributed by atoms with Crippen molar-refractivity contribution < 1.29 is 18.7 Å². The zero-order chi connectivity index (χ0) is 18.1. The summed E-state index contributed by atoms with van der Waals surface area (Å²) in [5.41, 5.74) is 1.13. The van der Waals surface area contributed by atoms with Gasteiger partial charge in [0.15, 0.2) is 0 Å². The van der Waals surface area contributed by atoms with Gasteiger partial charge in [-0.05, 0) is 37.3 Å². The maximum atomic E-state index is 13.1. The maximum Gasteiger partial charge on any atom is 0.243 e. The molecule has 134 valence electrons. The third-order valence-corrected chi connectivity index (χ3v) is 3.51. The molecule has 7 heteroatoms. The van der Waals surface area contributed by atoms with E-state index in [1.54, 1.807) is 18.2 Å². The molecule has 2 aromatic rings. The molecule has 0 saturated carbocycles. The minimum atomic E-state index is -0.505. The third-order valence-electron chi connectivity index (χ3n) is 3.22. The average molecular weight is 367 g/mol. The number of anilines is 2. The van der Waals surface area contributed by atoms with E-state index in [0.717, 1.165) is 0 Å². The van der Waals surface area contributed by atoms with Gasteiger partial charge in [-0.15, -0.1) is 0 Å². The molecule has 0 aliphatic heterocycles. The molecule has 0 spiro atoms. The van der Waals surface area contributed by atoms with E-state index in [0.29, 0.717) is 36.9 Å². The molecule has 5 nitrogen and oxygen atoms in total. The fourth-order valence-electron chi connectivity index (χ4n) is 2.03. The average Bonchev–Trinajstić information content (AvgIpc) is 2.61.